The predicted octanol–water partition coefficient (Wildman–Crippen LogP) is 3.92. The van der Waals surface area contributed by atoms with Crippen LogP contribution in [0.4, 0.5) is 5.69 Å². The first kappa shape index (κ1) is 25.8. The van der Waals surface area contributed by atoms with Gasteiger partial charge in [0.05, 0.1) is 19.5 Å². The minimum atomic E-state index is -0.736. The topological polar surface area (TPSA) is 86.1 Å². The van der Waals surface area contributed by atoms with E-state index in [1.54, 1.807) is 23.3 Å². The van der Waals surface area contributed by atoms with E-state index in [-0.39, 0.29) is 30.8 Å². The summed E-state index contributed by atoms with van der Waals surface area (Å²) in [4.78, 5) is 44.9. The molecule has 1 aromatic heterocycles. The van der Waals surface area contributed by atoms with Crippen LogP contribution in [0.2, 0.25) is 0 Å². The first-order chi connectivity index (χ1) is 17.5. The number of likely N-dealkylation sites (tertiary alicyclic amines) is 1. The summed E-state index contributed by atoms with van der Waals surface area (Å²) in [6.07, 6.45) is 8.88. The van der Waals surface area contributed by atoms with Crippen molar-refractivity contribution in [2.75, 3.05) is 31.2 Å². The third-order valence-corrected chi connectivity index (χ3v) is 7.39. The Kier molecular flexibility index (Phi) is 8.67. The molecule has 2 saturated heterocycles. The Morgan fingerprint density at radius 1 is 1.00 bits per heavy atom. The molecule has 2 aliphatic heterocycles. The van der Waals surface area contributed by atoms with Crippen LogP contribution in [0.1, 0.15) is 64.1 Å². The van der Waals surface area contributed by atoms with Crippen molar-refractivity contribution in [3.8, 4) is 0 Å². The summed E-state index contributed by atoms with van der Waals surface area (Å²) in [6.45, 7) is 3.93. The summed E-state index contributed by atoms with van der Waals surface area (Å²) < 4.78 is 5.28. The lowest BCUT2D eigenvalue weighted by molar-refractivity contribution is -0.140. The predicted molar refractivity (Wildman–Crippen MR) is 138 cm³/mol. The van der Waals surface area contributed by atoms with E-state index in [9.17, 15) is 14.4 Å². The minimum Gasteiger partial charge on any atom is -0.467 e. The van der Waals surface area contributed by atoms with Gasteiger partial charge in [-0.25, -0.2) is 0 Å². The molecule has 8 heteroatoms. The molecule has 1 N–H and O–H groups in total. The normalized spacial score (nSPS) is 17.1. The molecule has 36 heavy (non-hydrogen) atoms. The third kappa shape index (κ3) is 5.91. The third-order valence-electron chi connectivity index (χ3n) is 7.39. The number of hydrogen-bond donors (Lipinski definition) is 1. The van der Waals surface area contributed by atoms with Gasteiger partial charge in [0.1, 0.15) is 17.8 Å². The van der Waals surface area contributed by atoms with E-state index in [0.717, 1.165) is 18.5 Å². The van der Waals surface area contributed by atoms with Crippen molar-refractivity contribution < 1.29 is 18.8 Å². The summed E-state index contributed by atoms with van der Waals surface area (Å²) in [7, 11) is 0. The van der Waals surface area contributed by atoms with Gasteiger partial charge in [0, 0.05) is 25.2 Å². The molecule has 0 radical (unpaired) electrons. The molecular formula is C28H38N4O4. The van der Waals surface area contributed by atoms with Crippen LogP contribution in [-0.2, 0) is 20.9 Å². The zero-order chi connectivity index (χ0) is 25.4. The van der Waals surface area contributed by atoms with Gasteiger partial charge < -0.3 is 24.4 Å². The first-order valence-electron chi connectivity index (χ1n) is 13.2. The Morgan fingerprint density at radius 3 is 2.44 bits per heavy atom. The second kappa shape index (κ2) is 12.1. The molecule has 1 spiro atoms. The number of unbranched alkanes of at least 4 members (excludes halogenated alkanes) is 4. The standard InChI is InChI=1S/C28H38N4O4/c1-2-3-4-5-9-14-26(34)30-17-15-28(16-18-30)27(35)31(22-32(28)23-11-7-6-8-12-23)21-25(33)29-20-24-13-10-19-36-24/h6-8,10-13,19H,2-5,9,14-18,20-22H2,1H3,(H,29,33). The smallest absolute Gasteiger partial charge is 0.250 e. The highest BCUT2D eigenvalue weighted by Crippen LogP contribution is 2.39. The first-order valence-corrected chi connectivity index (χ1v) is 13.2. The van der Waals surface area contributed by atoms with Crippen molar-refractivity contribution in [1.82, 2.24) is 15.1 Å². The number of carbonyl (C=O) groups excluding carboxylic acids is 3. The van der Waals surface area contributed by atoms with E-state index in [0.29, 0.717) is 44.8 Å². The number of amides is 3. The molecule has 0 atom stereocenters. The second-order valence-electron chi connectivity index (χ2n) is 9.84. The number of anilines is 1. The van der Waals surface area contributed by atoms with Gasteiger partial charge in [-0.1, -0.05) is 50.8 Å². The Bertz CT molecular complexity index is 1000. The molecule has 2 aliphatic rings. The van der Waals surface area contributed by atoms with Gasteiger partial charge in [-0.15, -0.1) is 0 Å². The molecule has 4 rings (SSSR count). The number of para-hydroxylation sites is 1. The van der Waals surface area contributed by atoms with Crippen LogP contribution in [0.25, 0.3) is 0 Å². The summed E-state index contributed by atoms with van der Waals surface area (Å²) in [5.41, 5.74) is 0.223. The van der Waals surface area contributed by atoms with E-state index in [1.165, 1.54) is 19.3 Å². The van der Waals surface area contributed by atoms with E-state index in [4.69, 9.17) is 4.42 Å². The lowest BCUT2D eigenvalue weighted by Crippen LogP contribution is -2.57. The Labute approximate surface area is 213 Å². The molecule has 0 saturated carbocycles. The molecule has 0 aliphatic carbocycles. The maximum atomic E-state index is 13.8. The highest BCUT2D eigenvalue weighted by molar-refractivity contribution is 5.96. The summed E-state index contributed by atoms with van der Waals surface area (Å²) in [5.74, 6) is 0.597. The van der Waals surface area contributed by atoms with Crippen LogP contribution in [0.3, 0.4) is 0 Å². The molecule has 0 unspecified atom stereocenters. The van der Waals surface area contributed by atoms with Crippen LogP contribution in [0, 0.1) is 0 Å². The van der Waals surface area contributed by atoms with Crippen LogP contribution in [0.5, 0.6) is 0 Å². The van der Waals surface area contributed by atoms with Crippen LogP contribution >= 0.6 is 0 Å². The van der Waals surface area contributed by atoms with E-state index < -0.39 is 5.54 Å². The molecule has 2 fully saturated rings. The van der Waals surface area contributed by atoms with E-state index in [2.05, 4.69) is 17.1 Å². The fourth-order valence-electron chi connectivity index (χ4n) is 5.31. The summed E-state index contributed by atoms with van der Waals surface area (Å²) in [6, 6.07) is 13.5. The number of benzene rings is 1. The molecule has 3 heterocycles. The number of nitrogens with zero attached hydrogens (tertiary/aromatic N) is 3. The molecule has 1 aromatic carbocycles. The molecule has 194 valence electrons. The molecular weight excluding hydrogens is 456 g/mol. The second-order valence-corrected chi connectivity index (χ2v) is 9.84. The van der Waals surface area contributed by atoms with Crippen molar-refractivity contribution in [3.05, 3.63) is 54.5 Å². The van der Waals surface area contributed by atoms with Crippen molar-refractivity contribution >= 4 is 23.4 Å². The van der Waals surface area contributed by atoms with Crippen molar-refractivity contribution in [1.29, 1.82) is 0 Å². The van der Waals surface area contributed by atoms with Gasteiger partial charge in [0.25, 0.3) is 5.91 Å². The number of carbonyl (C=O) groups is 3. The van der Waals surface area contributed by atoms with Gasteiger partial charge in [-0.2, -0.15) is 0 Å². The SMILES string of the molecule is CCCCCCCC(=O)N1CCC2(CC1)C(=O)N(CC(=O)NCc1ccco1)CN2c1ccccc1. The number of hydrogen-bond acceptors (Lipinski definition) is 5. The highest BCUT2D eigenvalue weighted by atomic mass is 16.3. The zero-order valence-corrected chi connectivity index (χ0v) is 21.3. The fraction of sp³-hybridized carbons (Fsp3) is 0.536. The van der Waals surface area contributed by atoms with Gasteiger partial charge in [0.2, 0.25) is 11.8 Å². The number of rotatable bonds is 11. The van der Waals surface area contributed by atoms with Crippen LogP contribution < -0.4 is 10.2 Å². The van der Waals surface area contributed by atoms with Crippen LogP contribution in [0.15, 0.2) is 53.1 Å². The maximum Gasteiger partial charge on any atom is 0.250 e. The zero-order valence-electron chi connectivity index (χ0n) is 21.3. The molecule has 8 nitrogen and oxygen atoms in total. The van der Waals surface area contributed by atoms with Gasteiger partial charge in [-0.3, -0.25) is 14.4 Å². The van der Waals surface area contributed by atoms with E-state index in [1.807, 2.05) is 35.2 Å². The molecule has 0 bridgehead atoms. The minimum absolute atomic E-state index is 0.00890. The van der Waals surface area contributed by atoms with Crippen molar-refractivity contribution in [2.24, 2.45) is 0 Å². The number of piperidine rings is 1. The maximum absolute atomic E-state index is 13.8. The number of nitrogens with one attached hydrogen (secondary N) is 1. The van der Waals surface area contributed by atoms with Crippen molar-refractivity contribution in [3.63, 3.8) is 0 Å². The Morgan fingerprint density at radius 2 is 1.75 bits per heavy atom. The summed E-state index contributed by atoms with van der Waals surface area (Å²) in [5, 5.41) is 2.83. The van der Waals surface area contributed by atoms with Gasteiger partial charge in [0.15, 0.2) is 0 Å². The van der Waals surface area contributed by atoms with Gasteiger partial charge in [-0.05, 0) is 43.5 Å². The van der Waals surface area contributed by atoms with Crippen molar-refractivity contribution in [2.45, 2.75) is 70.4 Å². The highest BCUT2D eigenvalue weighted by Gasteiger charge is 2.54. The number of furan rings is 1. The monoisotopic (exact) mass is 494 g/mol. The lowest BCUT2D eigenvalue weighted by atomic mass is 9.85. The Balaban J connectivity index is 1.39. The quantitative estimate of drug-likeness (QED) is 0.479. The molecule has 3 amide bonds. The fourth-order valence-corrected chi connectivity index (χ4v) is 5.31. The van der Waals surface area contributed by atoms with E-state index >= 15 is 0 Å². The largest absolute Gasteiger partial charge is 0.467 e. The van der Waals surface area contributed by atoms with Gasteiger partial charge >= 0.3 is 0 Å². The average Bonchev–Trinajstić information content (AvgIpc) is 3.51. The average molecular weight is 495 g/mol. The molecule has 2 aromatic rings. The van der Waals surface area contributed by atoms with Crippen LogP contribution in [-0.4, -0.2) is 59.4 Å². The Hall–Kier alpha value is -3.29. The summed E-state index contributed by atoms with van der Waals surface area (Å²) >= 11 is 0. The lowest BCUT2D eigenvalue weighted by Gasteiger charge is -2.43.